The van der Waals surface area contributed by atoms with Gasteiger partial charge in [0.1, 0.15) is 17.0 Å². The molecule has 4 nitrogen and oxygen atoms in total. The molecule has 0 fully saturated rings. The van der Waals surface area contributed by atoms with Gasteiger partial charge in [0.05, 0.1) is 0 Å². The topological polar surface area (TPSA) is 55.1 Å². The second kappa shape index (κ2) is 7.72. The Kier molecular flexibility index (Phi) is 5.41. The van der Waals surface area contributed by atoms with Gasteiger partial charge in [-0.05, 0) is 31.0 Å². The zero-order valence-corrected chi connectivity index (χ0v) is 15.1. The van der Waals surface area contributed by atoms with Crippen LogP contribution in [-0.4, -0.2) is 17.6 Å². The van der Waals surface area contributed by atoms with Crippen molar-refractivity contribution in [3.05, 3.63) is 75.5 Å². The molecule has 3 rings (SSSR count). The summed E-state index contributed by atoms with van der Waals surface area (Å²) in [6.07, 6.45) is 0.604. The van der Waals surface area contributed by atoms with Crippen LogP contribution in [-0.2, 0) is 6.42 Å². The Hall–Kier alpha value is -2.30. The van der Waals surface area contributed by atoms with E-state index in [1.54, 1.807) is 19.1 Å². The van der Waals surface area contributed by atoms with E-state index in [4.69, 9.17) is 27.7 Å². The number of hydrogen-bond donors (Lipinski definition) is 1. The van der Waals surface area contributed by atoms with Crippen LogP contribution < -0.4 is 5.32 Å². The van der Waals surface area contributed by atoms with Gasteiger partial charge in [-0.25, -0.2) is 0 Å². The number of aryl methyl sites for hydroxylation is 1. The zero-order chi connectivity index (χ0) is 17.8. The van der Waals surface area contributed by atoms with Crippen LogP contribution in [0.4, 0.5) is 0 Å². The van der Waals surface area contributed by atoms with Crippen molar-refractivity contribution in [2.45, 2.75) is 13.3 Å². The van der Waals surface area contributed by atoms with Crippen LogP contribution in [0.2, 0.25) is 10.0 Å². The smallest absolute Gasteiger partial charge is 0.257 e. The lowest BCUT2D eigenvalue weighted by Gasteiger charge is -2.07. The summed E-state index contributed by atoms with van der Waals surface area (Å²) in [5.74, 6) is 0.267. The number of nitrogens with one attached hydrogen (secondary N) is 1. The molecule has 1 aromatic heterocycles. The lowest BCUT2D eigenvalue weighted by molar-refractivity contribution is 0.0953. The Balaban J connectivity index is 1.71. The first kappa shape index (κ1) is 17.5. The molecule has 0 saturated heterocycles. The van der Waals surface area contributed by atoms with Gasteiger partial charge in [0.25, 0.3) is 5.91 Å². The van der Waals surface area contributed by atoms with Crippen LogP contribution >= 0.6 is 23.2 Å². The van der Waals surface area contributed by atoms with Crippen molar-refractivity contribution in [3.8, 4) is 11.3 Å². The molecule has 25 heavy (non-hydrogen) atoms. The fourth-order valence-corrected chi connectivity index (χ4v) is 3.06. The highest BCUT2D eigenvalue weighted by Gasteiger charge is 2.21. The molecule has 0 aliphatic carbocycles. The van der Waals surface area contributed by atoms with E-state index < -0.39 is 0 Å². The Bertz CT molecular complexity index is 892. The molecule has 0 saturated carbocycles. The summed E-state index contributed by atoms with van der Waals surface area (Å²) in [6, 6.07) is 14.8. The van der Waals surface area contributed by atoms with E-state index in [0.717, 1.165) is 11.1 Å². The Labute approximate surface area is 155 Å². The van der Waals surface area contributed by atoms with E-state index in [1.165, 1.54) is 0 Å². The summed E-state index contributed by atoms with van der Waals surface area (Å²) < 4.78 is 5.22. The van der Waals surface area contributed by atoms with Gasteiger partial charge in [-0.15, -0.1) is 0 Å². The molecule has 6 heteroatoms. The monoisotopic (exact) mass is 374 g/mol. The van der Waals surface area contributed by atoms with Crippen molar-refractivity contribution in [2.75, 3.05) is 6.54 Å². The maximum atomic E-state index is 12.6. The molecule has 1 amide bonds. The lowest BCUT2D eigenvalue weighted by Crippen LogP contribution is -2.26. The number of benzene rings is 2. The fraction of sp³-hybridized carbons (Fsp3) is 0.158. The molecule has 2 aromatic carbocycles. The van der Waals surface area contributed by atoms with Crippen molar-refractivity contribution >= 4 is 29.1 Å². The molecule has 128 valence electrons. The number of carbonyl (C=O) groups is 1. The van der Waals surface area contributed by atoms with E-state index in [0.29, 0.717) is 40.0 Å². The maximum Gasteiger partial charge on any atom is 0.257 e. The highest BCUT2D eigenvalue weighted by Crippen LogP contribution is 2.25. The summed E-state index contributed by atoms with van der Waals surface area (Å²) in [7, 11) is 0. The molecule has 1 N–H and O–H groups in total. The Morgan fingerprint density at radius 3 is 2.64 bits per heavy atom. The van der Waals surface area contributed by atoms with Gasteiger partial charge in [-0.1, -0.05) is 64.8 Å². The van der Waals surface area contributed by atoms with E-state index in [-0.39, 0.29) is 5.91 Å². The van der Waals surface area contributed by atoms with E-state index in [9.17, 15) is 4.79 Å². The largest absolute Gasteiger partial charge is 0.360 e. The Morgan fingerprint density at radius 2 is 1.92 bits per heavy atom. The van der Waals surface area contributed by atoms with Crippen molar-refractivity contribution in [1.29, 1.82) is 0 Å². The second-order valence-corrected chi connectivity index (χ2v) is 6.41. The van der Waals surface area contributed by atoms with Crippen molar-refractivity contribution in [1.82, 2.24) is 10.5 Å². The first-order chi connectivity index (χ1) is 12.1. The first-order valence-corrected chi connectivity index (χ1v) is 8.55. The van der Waals surface area contributed by atoms with Crippen LogP contribution in [0.5, 0.6) is 0 Å². The number of nitrogens with zero attached hydrogens (tertiary/aromatic N) is 1. The molecule has 0 radical (unpaired) electrons. The highest BCUT2D eigenvalue weighted by molar-refractivity contribution is 6.35. The minimum Gasteiger partial charge on any atom is -0.360 e. The molecule has 0 aliphatic rings. The second-order valence-electron chi connectivity index (χ2n) is 5.57. The van der Waals surface area contributed by atoms with Gasteiger partial charge in [0.15, 0.2) is 0 Å². The predicted molar refractivity (Wildman–Crippen MR) is 99.2 cm³/mol. The molecule has 0 unspecified atom stereocenters. The van der Waals surface area contributed by atoms with Crippen molar-refractivity contribution in [3.63, 3.8) is 0 Å². The van der Waals surface area contributed by atoms with Gasteiger partial charge < -0.3 is 9.84 Å². The normalized spacial score (nSPS) is 10.7. The molecule has 0 atom stereocenters. The minimum absolute atomic E-state index is 0.220. The van der Waals surface area contributed by atoms with Crippen molar-refractivity contribution < 1.29 is 9.32 Å². The van der Waals surface area contributed by atoms with Crippen LogP contribution in [0.1, 0.15) is 21.7 Å². The molecular formula is C19H16Cl2N2O2. The van der Waals surface area contributed by atoms with Gasteiger partial charge in [0.2, 0.25) is 0 Å². The molecular weight excluding hydrogens is 359 g/mol. The summed E-state index contributed by atoms with van der Waals surface area (Å²) in [6.45, 7) is 2.17. The van der Waals surface area contributed by atoms with Gasteiger partial charge in [-0.2, -0.15) is 0 Å². The van der Waals surface area contributed by atoms with Crippen LogP contribution in [0, 0.1) is 6.92 Å². The summed E-state index contributed by atoms with van der Waals surface area (Å²) >= 11 is 12.0. The number of hydrogen-bond acceptors (Lipinski definition) is 3. The number of carbonyl (C=O) groups excluding carboxylic acids is 1. The van der Waals surface area contributed by atoms with Gasteiger partial charge in [-0.3, -0.25) is 4.79 Å². The average Bonchev–Trinajstić information content (AvgIpc) is 2.99. The number of rotatable bonds is 5. The third kappa shape index (κ3) is 4.03. The zero-order valence-electron chi connectivity index (χ0n) is 13.6. The SMILES string of the molecule is Cc1onc(-c2ccccc2)c1C(=O)NCCc1ccc(Cl)cc1Cl. The molecule has 0 bridgehead atoms. The first-order valence-electron chi connectivity index (χ1n) is 7.80. The predicted octanol–water partition coefficient (Wildman–Crippen LogP) is 4.93. The Morgan fingerprint density at radius 1 is 1.16 bits per heavy atom. The van der Waals surface area contributed by atoms with Crippen molar-refractivity contribution in [2.24, 2.45) is 0 Å². The fourth-order valence-electron chi connectivity index (χ4n) is 2.56. The molecule has 3 aromatic rings. The summed E-state index contributed by atoms with van der Waals surface area (Å²) in [5.41, 5.74) is 2.76. The van der Waals surface area contributed by atoms with Crippen LogP contribution in [0.3, 0.4) is 0 Å². The van der Waals surface area contributed by atoms with Gasteiger partial charge in [0, 0.05) is 22.2 Å². The third-order valence-electron chi connectivity index (χ3n) is 3.83. The van der Waals surface area contributed by atoms with Crippen LogP contribution in [0.25, 0.3) is 11.3 Å². The van der Waals surface area contributed by atoms with E-state index in [1.807, 2.05) is 36.4 Å². The quantitative estimate of drug-likeness (QED) is 0.688. The molecule has 0 aliphatic heterocycles. The number of aromatic nitrogens is 1. The molecule has 0 spiro atoms. The molecule has 1 heterocycles. The third-order valence-corrected chi connectivity index (χ3v) is 4.42. The minimum atomic E-state index is -0.220. The lowest BCUT2D eigenvalue weighted by atomic mass is 10.1. The van der Waals surface area contributed by atoms with Crippen LogP contribution in [0.15, 0.2) is 53.1 Å². The summed E-state index contributed by atoms with van der Waals surface area (Å²) in [5, 5.41) is 8.10. The van der Waals surface area contributed by atoms with Gasteiger partial charge >= 0.3 is 0 Å². The maximum absolute atomic E-state index is 12.6. The van der Waals surface area contributed by atoms with E-state index in [2.05, 4.69) is 10.5 Å². The number of amides is 1. The average molecular weight is 375 g/mol. The standard InChI is InChI=1S/C19H16Cl2N2O2/c1-12-17(18(23-25-12)14-5-3-2-4-6-14)19(24)22-10-9-13-7-8-15(20)11-16(13)21/h2-8,11H,9-10H2,1H3,(H,22,24). The van der Waals surface area contributed by atoms with E-state index >= 15 is 0 Å². The highest BCUT2D eigenvalue weighted by atomic mass is 35.5. The summed E-state index contributed by atoms with van der Waals surface area (Å²) in [4.78, 5) is 12.6. The number of halogens is 2.